The van der Waals surface area contributed by atoms with E-state index < -0.39 is 0 Å². The molecule has 0 spiro atoms. The summed E-state index contributed by atoms with van der Waals surface area (Å²) in [4.78, 5) is 12.2. The molecule has 1 amide bonds. The minimum Gasteiger partial charge on any atom is -0.507 e. The van der Waals surface area contributed by atoms with Gasteiger partial charge < -0.3 is 9.67 Å². The summed E-state index contributed by atoms with van der Waals surface area (Å²) in [5.74, 6) is -0.301. The number of halogens is 1. The van der Waals surface area contributed by atoms with Gasteiger partial charge in [0.25, 0.3) is 5.91 Å². The Morgan fingerprint density at radius 1 is 1.08 bits per heavy atom. The highest BCUT2D eigenvalue weighted by molar-refractivity contribution is 6.30. The van der Waals surface area contributed by atoms with Gasteiger partial charge in [-0.15, -0.1) is 0 Å². The Balaban J connectivity index is 1.71. The van der Waals surface area contributed by atoms with Crippen molar-refractivity contribution in [3.63, 3.8) is 0 Å². The van der Waals surface area contributed by atoms with Crippen molar-refractivity contribution in [3.8, 4) is 11.4 Å². The first-order valence-electron chi connectivity index (χ1n) is 8.03. The molecule has 1 heterocycles. The summed E-state index contributed by atoms with van der Waals surface area (Å²) in [6.07, 6.45) is 1.35. The van der Waals surface area contributed by atoms with E-state index in [9.17, 15) is 9.90 Å². The van der Waals surface area contributed by atoms with Crippen LogP contribution in [-0.4, -0.2) is 21.8 Å². The molecule has 2 aromatic carbocycles. The van der Waals surface area contributed by atoms with E-state index in [1.54, 1.807) is 24.3 Å². The van der Waals surface area contributed by atoms with Crippen molar-refractivity contribution in [1.29, 1.82) is 0 Å². The lowest BCUT2D eigenvalue weighted by molar-refractivity contribution is 0.0955. The van der Waals surface area contributed by atoms with E-state index >= 15 is 0 Å². The SMILES string of the molecule is Cc1ccc(C)n1-c1ccc(C(=O)N/N=C/c2cc(Cl)ccc2O)cc1. The van der Waals surface area contributed by atoms with E-state index in [1.807, 2.05) is 26.0 Å². The van der Waals surface area contributed by atoms with Crippen molar-refractivity contribution >= 4 is 23.7 Å². The van der Waals surface area contributed by atoms with Gasteiger partial charge in [-0.2, -0.15) is 5.10 Å². The third-order valence-electron chi connectivity index (χ3n) is 4.02. The molecule has 0 saturated carbocycles. The van der Waals surface area contributed by atoms with E-state index in [0.717, 1.165) is 17.1 Å². The molecule has 132 valence electrons. The van der Waals surface area contributed by atoms with Crippen LogP contribution < -0.4 is 5.43 Å². The molecule has 0 fully saturated rings. The van der Waals surface area contributed by atoms with Crippen LogP contribution in [0.15, 0.2) is 59.7 Å². The predicted molar refractivity (Wildman–Crippen MR) is 103 cm³/mol. The number of phenols is 1. The molecule has 6 heteroatoms. The molecule has 0 unspecified atom stereocenters. The van der Waals surface area contributed by atoms with Gasteiger partial charge in [0.05, 0.1) is 6.21 Å². The van der Waals surface area contributed by atoms with Crippen molar-refractivity contribution in [1.82, 2.24) is 9.99 Å². The highest BCUT2D eigenvalue weighted by Gasteiger charge is 2.07. The fourth-order valence-electron chi connectivity index (χ4n) is 2.69. The highest BCUT2D eigenvalue weighted by Crippen LogP contribution is 2.19. The van der Waals surface area contributed by atoms with Gasteiger partial charge in [-0.25, -0.2) is 5.43 Å². The molecule has 26 heavy (non-hydrogen) atoms. The van der Waals surface area contributed by atoms with Crippen LogP contribution in [0.5, 0.6) is 5.75 Å². The van der Waals surface area contributed by atoms with Crippen LogP contribution in [-0.2, 0) is 0 Å². The standard InChI is InChI=1S/C20H18ClN3O2/c1-13-3-4-14(2)24(13)18-8-5-15(6-9-18)20(26)23-22-12-16-11-17(21)7-10-19(16)25/h3-12,25H,1-2H3,(H,23,26)/b22-12+. The average Bonchev–Trinajstić information content (AvgIpc) is 2.96. The van der Waals surface area contributed by atoms with Gasteiger partial charge >= 0.3 is 0 Å². The fraction of sp³-hybridized carbons (Fsp3) is 0.100. The van der Waals surface area contributed by atoms with Crippen molar-refractivity contribution in [3.05, 3.63) is 82.1 Å². The number of hydrogen-bond acceptors (Lipinski definition) is 3. The number of rotatable bonds is 4. The zero-order valence-corrected chi connectivity index (χ0v) is 15.2. The summed E-state index contributed by atoms with van der Waals surface area (Å²) in [5, 5.41) is 14.1. The third kappa shape index (κ3) is 3.78. The number of nitrogens with zero attached hydrogens (tertiary/aromatic N) is 2. The van der Waals surface area contributed by atoms with Gasteiger partial charge in [-0.3, -0.25) is 4.79 Å². The topological polar surface area (TPSA) is 66.6 Å². The molecule has 1 aromatic heterocycles. The Bertz CT molecular complexity index is 956. The summed E-state index contributed by atoms with van der Waals surface area (Å²) < 4.78 is 2.11. The molecule has 0 saturated heterocycles. The highest BCUT2D eigenvalue weighted by atomic mass is 35.5. The van der Waals surface area contributed by atoms with Crippen LogP contribution in [0.3, 0.4) is 0 Å². The number of hydrogen-bond donors (Lipinski definition) is 2. The van der Waals surface area contributed by atoms with Crippen LogP contribution in [0.2, 0.25) is 5.02 Å². The maximum Gasteiger partial charge on any atom is 0.271 e. The van der Waals surface area contributed by atoms with Gasteiger partial charge in [-0.1, -0.05) is 11.6 Å². The number of aromatic hydroxyl groups is 1. The number of carbonyl (C=O) groups is 1. The molecular weight excluding hydrogens is 350 g/mol. The summed E-state index contributed by atoms with van der Waals surface area (Å²) >= 11 is 5.87. The van der Waals surface area contributed by atoms with E-state index in [0.29, 0.717) is 16.1 Å². The van der Waals surface area contributed by atoms with Crippen LogP contribution in [0.4, 0.5) is 0 Å². The first-order valence-corrected chi connectivity index (χ1v) is 8.41. The van der Waals surface area contributed by atoms with Crippen LogP contribution in [0, 0.1) is 13.8 Å². The van der Waals surface area contributed by atoms with Gasteiger partial charge in [0.15, 0.2) is 0 Å². The average molecular weight is 368 g/mol. The zero-order valence-electron chi connectivity index (χ0n) is 14.4. The first-order chi connectivity index (χ1) is 12.5. The smallest absolute Gasteiger partial charge is 0.271 e. The van der Waals surface area contributed by atoms with Crippen molar-refractivity contribution in [2.75, 3.05) is 0 Å². The lowest BCUT2D eigenvalue weighted by Gasteiger charge is -2.10. The zero-order chi connectivity index (χ0) is 18.7. The molecule has 3 aromatic rings. The lowest BCUT2D eigenvalue weighted by Crippen LogP contribution is -2.17. The Kier molecular flexibility index (Phi) is 5.09. The molecule has 2 N–H and O–H groups in total. The predicted octanol–water partition coefficient (Wildman–Crippen LogP) is 4.22. The number of benzene rings is 2. The second kappa shape index (κ2) is 7.45. The Hall–Kier alpha value is -3.05. The number of nitrogens with one attached hydrogen (secondary N) is 1. The van der Waals surface area contributed by atoms with E-state index in [-0.39, 0.29) is 11.7 Å². The number of aromatic nitrogens is 1. The van der Waals surface area contributed by atoms with Crippen LogP contribution >= 0.6 is 11.6 Å². The van der Waals surface area contributed by atoms with Crippen LogP contribution in [0.1, 0.15) is 27.3 Å². The first kappa shape index (κ1) is 17.8. The van der Waals surface area contributed by atoms with Crippen molar-refractivity contribution in [2.45, 2.75) is 13.8 Å². The summed E-state index contributed by atoms with van der Waals surface area (Å²) in [7, 11) is 0. The molecule has 0 aliphatic carbocycles. The number of amides is 1. The molecular formula is C20H18ClN3O2. The van der Waals surface area contributed by atoms with E-state index in [4.69, 9.17) is 11.6 Å². The Labute approximate surface area is 156 Å². The van der Waals surface area contributed by atoms with Gasteiger partial charge in [-0.05, 0) is 68.4 Å². The molecule has 0 atom stereocenters. The number of hydrazone groups is 1. The monoisotopic (exact) mass is 367 g/mol. The molecule has 0 bridgehead atoms. The molecule has 3 rings (SSSR count). The van der Waals surface area contributed by atoms with Crippen molar-refractivity contribution in [2.24, 2.45) is 5.10 Å². The second-order valence-corrected chi connectivity index (χ2v) is 6.34. The van der Waals surface area contributed by atoms with Crippen LogP contribution in [0.25, 0.3) is 5.69 Å². The summed E-state index contributed by atoms with van der Waals surface area (Å²) in [6.45, 7) is 4.07. The second-order valence-electron chi connectivity index (χ2n) is 5.90. The fourth-order valence-corrected chi connectivity index (χ4v) is 2.87. The minimum atomic E-state index is -0.338. The van der Waals surface area contributed by atoms with Gasteiger partial charge in [0.2, 0.25) is 0 Å². The largest absolute Gasteiger partial charge is 0.507 e. The summed E-state index contributed by atoms with van der Waals surface area (Å²) in [5.41, 5.74) is 6.61. The molecule has 5 nitrogen and oxygen atoms in total. The third-order valence-corrected chi connectivity index (χ3v) is 4.25. The van der Waals surface area contributed by atoms with Gasteiger partial charge in [0, 0.05) is 33.2 Å². The van der Waals surface area contributed by atoms with Gasteiger partial charge in [0.1, 0.15) is 5.75 Å². The maximum atomic E-state index is 12.2. The van der Waals surface area contributed by atoms with E-state index in [2.05, 4.69) is 27.2 Å². The summed E-state index contributed by atoms with van der Waals surface area (Å²) in [6, 6.07) is 16.0. The lowest BCUT2D eigenvalue weighted by atomic mass is 10.2. The maximum absolute atomic E-state index is 12.2. The molecule has 0 radical (unpaired) electrons. The normalized spacial score (nSPS) is 11.0. The number of aryl methyl sites for hydroxylation is 2. The Morgan fingerprint density at radius 2 is 1.73 bits per heavy atom. The quantitative estimate of drug-likeness (QED) is 0.535. The van der Waals surface area contributed by atoms with E-state index in [1.165, 1.54) is 12.3 Å². The molecule has 0 aliphatic rings. The number of carbonyl (C=O) groups excluding carboxylic acids is 1. The van der Waals surface area contributed by atoms with Crippen molar-refractivity contribution < 1.29 is 9.90 Å². The Morgan fingerprint density at radius 3 is 2.38 bits per heavy atom. The molecule has 0 aliphatic heterocycles. The minimum absolute atomic E-state index is 0.0363. The number of phenolic OH excluding ortho intramolecular Hbond substituents is 1.